The van der Waals surface area contributed by atoms with Crippen LogP contribution in [0, 0.1) is 11.8 Å². The Hall–Kier alpha value is -2.40. The normalized spacial score (nSPS) is 20.1. The van der Waals surface area contributed by atoms with Gasteiger partial charge in [0.25, 0.3) is 5.91 Å². The number of piperidine rings is 1. The van der Waals surface area contributed by atoms with Crippen molar-refractivity contribution in [1.29, 1.82) is 0 Å². The van der Waals surface area contributed by atoms with E-state index in [0.717, 1.165) is 61.3 Å². The molecule has 0 unspecified atom stereocenters. The number of hydrogen-bond acceptors (Lipinski definition) is 4. The number of hydrogen-bond donors (Lipinski definition) is 0. The first-order valence-electron chi connectivity index (χ1n) is 11.8. The first-order chi connectivity index (χ1) is 15.2. The first kappa shape index (κ1) is 20.5. The molecule has 2 aliphatic carbocycles. The number of carbonyl (C=O) groups excluding carboxylic acids is 1. The van der Waals surface area contributed by atoms with Gasteiger partial charge in [0.15, 0.2) is 0 Å². The van der Waals surface area contributed by atoms with E-state index in [-0.39, 0.29) is 12.0 Å². The number of ether oxygens (including phenoxy) is 1. The van der Waals surface area contributed by atoms with Crippen molar-refractivity contribution in [3.05, 3.63) is 59.9 Å². The largest absolute Gasteiger partial charge is 0.490 e. The van der Waals surface area contributed by atoms with Gasteiger partial charge in [-0.1, -0.05) is 6.07 Å². The number of carbonyl (C=O) groups is 1. The zero-order valence-electron chi connectivity index (χ0n) is 18.5. The SMILES string of the molecule is CN(C(=O)c1ccc(OC2CCN(Cc3ccccn3)CC2)cc1)C(C1CC1)C1CC1. The van der Waals surface area contributed by atoms with E-state index in [1.165, 1.54) is 25.7 Å². The van der Waals surface area contributed by atoms with Gasteiger partial charge in [-0.2, -0.15) is 0 Å². The lowest BCUT2D eigenvalue weighted by molar-refractivity contribution is 0.0689. The quantitative estimate of drug-likeness (QED) is 0.637. The monoisotopic (exact) mass is 419 g/mol. The molecule has 2 saturated carbocycles. The summed E-state index contributed by atoms with van der Waals surface area (Å²) in [6.45, 7) is 2.94. The summed E-state index contributed by atoms with van der Waals surface area (Å²) in [6, 6.07) is 14.3. The molecule has 3 fully saturated rings. The Morgan fingerprint density at radius 1 is 1.03 bits per heavy atom. The molecule has 5 heteroatoms. The van der Waals surface area contributed by atoms with Crippen LogP contribution in [0.3, 0.4) is 0 Å². The van der Waals surface area contributed by atoms with E-state index < -0.39 is 0 Å². The van der Waals surface area contributed by atoms with Gasteiger partial charge in [0.2, 0.25) is 0 Å². The second kappa shape index (κ2) is 8.99. The summed E-state index contributed by atoms with van der Waals surface area (Å²) < 4.78 is 6.23. The molecule has 1 aliphatic heterocycles. The third-order valence-corrected chi connectivity index (χ3v) is 7.03. The van der Waals surface area contributed by atoms with Crippen LogP contribution in [0.1, 0.15) is 54.6 Å². The molecule has 1 amide bonds. The van der Waals surface area contributed by atoms with Crippen LogP contribution in [0.2, 0.25) is 0 Å². The third-order valence-electron chi connectivity index (χ3n) is 7.03. The minimum atomic E-state index is 0.151. The Balaban J connectivity index is 1.12. The maximum Gasteiger partial charge on any atom is 0.253 e. The Bertz CT molecular complexity index is 857. The molecule has 1 aromatic heterocycles. The van der Waals surface area contributed by atoms with Crippen molar-refractivity contribution >= 4 is 5.91 Å². The highest BCUT2D eigenvalue weighted by Gasteiger charge is 2.45. The van der Waals surface area contributed by atoms with Crippen LogP contribution >= 0.6 is 0 Å². The van der Waals surface area contributed by atoms with Crippen molar-refractivity contribution in [3.63, 3.8) is 0 Å². The molecule has 0 N–H and O–H groups in total. The summed E-state index contributed by atoms with van der Waals surface area (Å²) in [5.74, 6) is 2.47. The van der Waals surface area contributed by atoms with Gasteiger partial charge in [-0.3, -0.25) is 14.7 Å². The van der Waals surface area contributed by atoms with Crippen LogP contribution in [0.5, 0.6) is 5.75 Å². The van der Waals surface area contributed by atoms with Gasteiger partial charge in [-0.15, -0.1) is 0 Å². The maximum atomic E-state index is 13.0. The second-order valence-corrected chi connectivity index (χ2v) is 9.52. The topological polar surface area (TPSA) is 45.7 Å². The molecule has 2 heterocycles. The van der Waals surface area contributed by atoms with Crippen LogP contribution < -0.4 is 4.74 Å². The number of aromatic nitrogens is 1. The summed E-state index contributed by atoms with van der Waals surface area (Å²) in [5, 5.41) is 0. The fourth-order valence-corrected chi connectivity index (χ4v) is 5.01. The van der Waals surface area contributed by atoms with Gasteiger partial charge < -0.3 is 9.64 Å². The minimum Gasteiger partial charge on any atom is -0.490 e. The molecule has 0 bridgehead atoms. The maximum absolute atomic E-state index is 13.0. The smallest absolute Gasteiger partial charge is 0.253 e. The van der Waals surface area contributed by atoms with Crippen molar-refractivity contribution in [3.8, 4) is 5.75 Å². The van der Waals surface area contributed by atoms with Gasteiger partial charge in [0.05, 0.1) is 5.69 Å². The van der Waals surface area contributed by atoms with Crippen molar-refractivity contribution < 1.29 is 9.53 Å². The van der Waals surface area contributed by atoms with Crippen LogP contribution in [-0.2, 0) is 6.54 Å². The van der Waals surface area contributed by atoms with Crippen molar-refractivity contribution in [2.45, 2.75) is 57.2 Å². The standard InChI is InChI=1S/C26H33N3O2/c1-28(25(19-5-6-19)20-7-8-20)26(30)21-9-11-23(12-10-21)31-24-13-16-29(17-14-24)18-22-4-2-3-15-27-22/h2-4,9-12,15,19-20,24-25H,5-8,13-14,16-18H2,1H3. The fraction of sp³-hybridized carbons (Fsp3) is 0.538. The summed E-state index contributed by atoms with van der Waals surface area (Å²) in [6.07, 6.45) is 9.26. The van der Waals surface area contributed by atoms with E-state index in [9.17, 15) is 4.79 Å². The number of nitrogens with zero attached hydrogens (tertiary/aromatic N) is 3. The van der Waals surface area contributed by atoms with E-state index in [4.69, 9.17) is 4.74 Å². The Morgan fingerprint density at radius 2 is 1.71 bits per heavy atom. The minimum absolute atomic E-state index is 0.151. The number of pyridine rings is 1. The molecule has 5 nitrogen and oxygen atoms in total. The predicted octanol–water partition coefficient (Wildman–Crippen LogP) is 4.39. The van der Waals surface area contributed by atoms with Gasteiger partial charge in [0.1, 0.15) is 11.9 Å². The number of benzene rings is 1. The lowest BCUT2D eigenvalue weighted by Gasteiger charge is -2.32. The number of amides is 1. The fourth-order valence-electron chi connectivity index (χ4n) is 5.01. The summed E-state index contributed by atoms with van der Waals surface area (Å²) in [4.78, 5) is 21.9. The van der Waals surface area contributed by atoms with E-state index in [1.54, 1.807) is 0 Å². The summed E-state index contributed by atoms with van der Waals surface area (Å²) in [5.41, 5.74) is 1.89. The lowest BCUT2D eigenvalue weighted by atomic mass is 10.0. The van der Waals surface area contributed by atoms with Crippen LogP contribution in [0.4, 0.5) is 0 Å². The average Bonchev–Trinajstić information content (AvgIpc) is 3.72. The van der Waals surface area contributed by atoms with Crippen LogP contribution in [0.25, 0.3) is 0 Å². The molecular formula is C26H33N3O2. The average molecular weight is 420 g/mol. The molecule has 1 aromatic carbocycles. The van der Waals surface area contributed by atoms with Gasteiger partial charge in [-0.25, -0.2) is 0 Å². The lowest BCUT2D eigenvalue weighted by Crippen LogP contribution is -2.40. The highest BCUT2D eigenvalue weighted by Crippen LogP contribution is 2.47. The molecule has 1 saturated heterocycles. The third kappa shape index (κ3) is 5.09. The number of rotatable bonds is 8. The second-order valence-electron chi connectivity index (χ2n) is 9.52. The summed E-state index contributed by atoms with van der Waals surface area (Å²) in [7, 11) is 1.99. The molecule has 3 aliphatic rings. The first-order valence-corrected chi connectivity index (χ1v) is 11.8. The highest BCUT2D eigenvalue weighted by molar-refractivity contribution is 5.94. The van der Waals surface area contributed by atoms with E-state index >= 15 is 0 Å². The molecule has 2 aromatic rings. The van der Waals surface area contributed by atoms with Crippen molar-refractivity contribution in [2.24, 2.45) is 11.8 Å². The molecular weight excluding hydrogens is 386 g/mol. The van der Waals surface area contributed by atoms with Crippen molar-refractivity contribution in [2.75, 3.05) is 20.1 Å². The molecule has 5 rings (SSSR count). The van der Waals surface area contributed by atoms with Gasteiger partial charge in [0, 0.05) is 44.5 Å². The molecule has 0 spiro atoms. The molecule has 0 radical (unpaired) electrons. The molecule has 0 atom stereocenters. The van der Waals surface area contributed by atoms with E-state index in [1.807, 2.05) is 54.5 Å². The Kier molecular flexibility index (Phi) is 5.95. The molecule has 164 valence electrons. The Labute approximate surface area is 185 Å². The predicted molar refractivity (Wildman–Crippen MR) is 121 cm³/mol. The molecule has 31 heavy (non-hydrogen) atoms. The van der Waals surface area contributed by atoms with E-state index in [0.29, 0.717) is 6.04 Å². The van der Waals surface area contributed by atoms with E-state index in [2.05, 4.69) is 16.0 Å². The zero-order chi connectivity index (χ0) is 21.2. The van der Waals surface area contributed by atoms with Gasteiger partial charge >= 0.3 is 0 Å². The summed E-state index contributed by atoms with van der Waals surface area (Å²) >= 11 is 0. The van der Waals surface area contributed by atoms with Crippen molar-refractivity contribution in [1.82, 2.24) is 14.8 Å². The van der Waals surface area contributed by atoms with Crippen LogP contribution in [0.15, 0.2) is 48.7 Å². The van der Waals surface area contributed by atoms with Gasteiger partial charge in [-0.05, 0) is 86.8 Å². The number of likely N-dealkylation sites (tertiary alicyclic amines) is 1. The zero-order valence-corrected chi connectivity index (χ0v) is 18.5. The van der Waals surface area contributed by atoms with Crippen LogP contribution in [-0.4, -0.2) is 53.0 Å². The highest BCUT2D eigenvalue weighted by atomic mass is 16.5. The Morgan fingerprint density at radius 3 is 2.29 bits per heavy atom.